The largest absolute Gasteiger partial charge is 0.308 e. The number of hydrogen-bond acceptors (Lipinski definition) is 3. The second-order valence-electron chi connectivity index (χ2n) is 7.05. The topological polar surface area (TPSA) is 33.1 Å². The Bertz CT molecular complexity index is 453. The minimum atomic E-state index is -0.0765. The molecule has 1 aliphatic heterocycles. The minimum Gasteiger partial charge on any atom is -0.308 e. The highest BCUT2D eigenvalue weighted by atomic mass is 35.5. The van der Waals surface area contributed by atoms with E-state index in [1.807, 2.05) is 0 Å². The predicted octanol–water partition coefficient (Wildman–Crippen LogP) is 2.72. The summed E-state index contributed by atoms with van der Waals surface area (Å²) in [5.41, 5.74) is 1.18. The Balaban J connectivity index is 2.41. The van der Waals surface area contributed by atoms with Gasteiger partial charge in [0.05, 0.1) is 29.0 Å². The van der Waals surface area contributed by atoms with Gasteiger partial charge >= 0.3 is 0 Å². The molecule has 0 spiro atoms. The third-order valence-corrected chi connectivity index (χ3v) is 4.67. The van der Waals surface area contributed by atoms with Crippen LogP contribution < -0.4 is 5.32 Å². The molecule has 4 nitrogen and oxygen atoms in total. The number of hydrogen-bond donors (Lipinski definition) is 1. The molecule has 1 aliphatic rings. The van der Waals surface area contributed by atoms with E-state index < -0.39 is 0 Å². The minimum absolute atomic E-state index is 0.0765. The number of rotatable bonds is 4. The standard InChI is InChI=1S/C15H27ClN4/c1-14(2,3)15(7-6-8-17-15)13-12(16)11-18-20(13)10-9-19(4)5/h11,17H,6-10H2,1-5H3. The highest BCUT2D eigenvalue weighted by molar-refractivity contribution is 6.31. The summed E-state index contributed by atoms with van der Waals surface area (Å²) in [6.45, 7) is 9.73. The summed E-state index contributed by atoms with van der Waals surface area (Å²) in [6.07, 6.45) is 4.09. The van der Waals surface area contributed by atoms with Crippen LogP contribution in [0.3, 0.4) is 0 Å². The molecule has 0 aromatic carbocycles. The van der Waals surface area contributed by atoms with Gasteiger partial charge in [-0.1, -0.05) is 32.4 Å². The fraction of sp³-hybridized carbons (Fsp3) is 0.800. The molecule has 1 unspecified atom stereocenters. The van der Waals surface area contributed by atoms with Crippen molar-refractivity contribution in [2.24, 2.45) is 5.41 Å². The second kappa shape index (κ2) is 5.66. The SMILES string of the molecule is CN(C)CCn1ncc(Cl)c1C1(C(C)(C)C)CCCN1. The molecule has 20 heavy (non-hydrogen) atoms. The molecule has 1 N–H and O–H groups in total. The normalized spacial score (nSPS) is 23.8. The van der Waals surface area contributed by atoms with Crippen LogP contribution in [-0.2, 0) is 12.1 Å². The molecule has 5 heteroatoms. The smallest absolute Gasteiger partial charge is 0.0837 e. The number of likely N-dealkylation sites (N-methyl/N-ethyl adjacent to an activating group) is 1. The van der Waals surface area contributed by atoms with Crippen molar-refractivity contribution in [3.05, 3.63) is 16.9 Å². The van der Waals surface area contributed by atoms with Crippen LogP contribution in [0.5, 0.6) is 0 Å². The van der Waals surface area contributed by atoms with E-state index in [1.54, 1.807) is 6.20 Å². The lowest BCUT2D eigenvalue weighted by Crippen LogP contribution is -2.49. The molecule has 1 aromatic rings. The molecule has 1 atom stereocenters. The summed E-state index contributed by atoms with van der Waals surface area (Å²) in [6, 6.07) is 0. The van der Waals surface area contributed by atoms with Crippen molar-refractivity contribution >= 4 is 11.6 Å². The number of nitrogens with one attached hydrogen (secondary N) is 1. The Morgan fingerprint density at radius 1 is 1.45 bits per heavy atom. The Labute approximate surface area is 127 Å². The van der Waals surface area contributed by atoms with Gasteiger partial charge < -0.3 is 10.2 Å². The van der Waals surface area contributed by atoms with Crippen molar-refractivity contribution in [2.45, 2.75) is 45.7 Å². The van der Waals surface area contributed by atoms with Crippen LogP contribution >= 0.6 is 11.6 Å². The van der Waals surface area contributed by atoms with Crippen molar-refractivity contribution in [3.63, 3.8) is 0 Å². The van der Waals surface area contributed by atoms with Crippen molar-refractivity contribution < 1.29 is 0 Å². The molecule has 0 radical (unpaired) electrons. The first-order chi connectivity index (χ1) is 9.28. The monoisotopic (exact) mass is 298 g/mol. The van der Waals surface area contributed by atoms with Gasteiger partial charge in [0.1, 0.15) is 0 Å². The lowest BCUT2D eigenvalue weighted by Gasteiger charge is -2.43. The van der Waals surface area contributed by atoms with Gasteiger partial charge in [-0.2, -0.15) is 5.10 Å². The molecule has 0 amide bonds. The molecule has 1 aromatic heterocycles. The van der Waals surface area contributed by atoms with Crippen LogP contribution in [0, 0.1) is 5.41 Å². The van der Waals surface area contributed by atoms with E-state index in [1.165, 1.54) is 6.42 Å². The molecular weight excluding hydrogens is 272 g/mol. The van der Waals surface area contributed by atoms with Crippen LogP contribution in [0.25, 0.3) is 0 Å². The lowest BCUT2D eigenvalue weighted by molar-refractivity contribution is 0.147. The van der Waals surface area contributed by atoms with E-state index in [0.717, 1.165) is 36.8 Å². The van der Waals surface area contributed by atoms with Gasteiger partial charge in [-0.05, 0) is 38.9 Å². The van der Waals surface area contributed by atoms with Gasteiger partial charge in [0, 0.05) is 6.54 Å². The fourth-order valence-electron chi connectivity index (χ4n) is 3.19. The Morgan fingerprint density at radius 2 is 2.15 bits per heavy atom. The van der Waals surface area contributed by atoms with E-state index in [-0.39, 0.29) is 11.0 Å². The van der Waals surface area contributed by atoms with Gasteiger partial charge in [-0.3, -0.25) is 4.68 Å². The second-order valence-corrected chi connectivity index (χ2v) is 7.46. The van der Waals surface area contributed by atoms with Gasteiger partial charge in [0.15, 0.2) is 0 Å². The highest BCUT2D eigenvalue weighted by Crippen LogP contribution is 2.47. The van der Waals surface area contributed by atoms with E-state index in [4.69, 9.17) is 11.6 Å². The molecule has 2 heterocycles. The van der Waals surface area contributed by atoms with Crippen LogP contribution in [0.2, 0.25) is 5.02 Å². The van der Waals surface area contributed by atoms with Gasteiger partial charge in [0.25, 0.3) is 0 Å². The molecule has 0 saturated carbocycles. The average molecular weight is 299 g/mol. The molecule has 1 saturated heterocycles. The van der Waals surface area contributed by atoms with Crippen molar-refractivity contribution in [1.29, 1.82) is 0 Å². The molecular formula is C15H27ClN4. The molecule has 2 rings (SSSR count). The predicted molar refractivity (Wildman–Crippen MR) is 84.2 cm³/mol. The molecule has 114 valence electrons. The van der Waals surface area contributed by atoms with E-state index in [0.29, 0.717) is 0 Å². The summed E-state index contributed by atoms with van der Waals surface area (Å²) >= 11 is 6.50. The maximum absolute atomic E-state index is 6.50. The summed E-state index contributed by atoms with van der Waals surface area (Å²) in [5.74, 6) is 0. The molecule has 0 aliphatic carbocycles. The third kappa shape index (κ3) is 2.74. The molecule has 1 fully saturated rings. The van der Waals surface area contributed by atoms with Crippen LogP contribution in [0.4, 0.5) is 0 Å². The van der Waals surface area contributed by atoms with Crippen LogP contribution in [0.15, 0.2) is 6.20 Å². The lowest BCUT2D eigenvalue weighted by atomic mass is 9.70. The first kappa shape index (κ1) is 15.8. The van der Waals surface area contributed by atoms with Crippen molar-refractivity contribution in [1.82, 2.24) is 20.0 Å². The van der Waals surface area contributed by atoms with Gasteiger partial charge in [-0.25, -0.2) is 0 Å². The highest BCUT2D eigenvalue weighted by Gasteiger charge is 2.48. The van der Waals surface area contributed by atoms with Crippen molar-refractivity contribution in [2.75, 3.05) is 27.2 Å². The van der Waals surface area contributed by atoms with E-state index >= 15 is 0 Å². The summed E-state index contributed by atoms with van der Waals surface area (Å²) in [4.78, 5) is 2.17. The fourth-order valence-corrected chi connectivity index (χ4v) is 3.49. The maximum Gasteiger partial charge on any atom is 0.0837 e. The Hall–Kier alpha value is -0.580. The van der Waals surface area contributed by atoms with Crippen LogP contribution in [-0.4, -0.2) is 41.9 Å². The van der Waals surface area contributed by atoms with E-state index in [9.17, 15) is 0 Å². The zero-order chi connectivity index (χ0) is 15.0. The van der Waals surface area contributed by atoms with Crippen LogP contribution in [0.1, 0.15) is 39.3 Å². The van der Waals surface area contributed by atoms with Crippen molar-refractivity contribution in [3.8, 4) is 0 Å². The Morgan fingerprint density at radius 3 is 2.65 bits per heavy atom. The first-order valence-electron chi connectivity index (χ1n) is 7.39. The molecule has 0 bridgehead atoms. The number of aromatic nitrogens is 2. The third-order valence-electron chi connectivity index (χ3n) is 4.39. The maximum atomic E-state index is 6.50. The van der Waals surface area contributed by atoms with Gasteiger partial charge in [-0.15, -0.1) is 0 Å². The quantitative estimate of drug-likeness (QED) is 0.928. The first-order valence-corrected chi connectivity index (χ1v) is 7.77. The Kier molecular flexibility index (Phi) is 4.47. The average Bonchev–Trinajstić information content (AvgIpc) is 2.92. The number of halogens is 1. The number of nitrogens with zero attached hydrogens (tertiary/aromatic N) is 3. The van der Waals surface area contributed by atoms with E-state index in [2.05, 4.69) is 54.9 Å². The van der Waals surface area contributed by atoms with Gasteiger partial charge in [0.2, 0.25) is 0 Å². The zero-order valence-corrected chi connectivity index (χ0v) is 14.1. The summed E-state index contributed by atoms with van der Waals surface area (Å²) in [7, 11) is 4.16. The summed E-state index contributed by atoms with van der Waals surface area (Å²) < 4.78 is 2.09. The summed E-state index contributed by atoms with van der Waals surface area (Å²) in [5, 5.41) is 9.02. The zero-order valence-electron chi connectivity index (χ0n) is 13.3.